The lowest BCUT2D eigenvalue weighted by atomic mass is 10.0. The van der Waals surface area contributed by atoms with Gasteiger partial charge in [-0.05, 0) is 35.7 Å². The Balaban J connectivity index is 1.49. The van der Waals surface area contributed by atoms with E-state index < -0.39 is 5.97 Å². The molecule has 7 nitrogen and oxygen atoms in total. The van der Waals surface area contributed by atoms with Crippen molar-refractivity contribution in [3.63, 3.8) is 0 Å². The molecule has 0 aliphatic carbocycles. The van der Waals surface area contributed by atoms with Crippen molar-refractivity contribution >= 4 is 5.97 Å². The van der Waals surface area contributed by atoms with E-state index in [0.29, 0.717) is 23.1 Å². The lowest BCUT2D eigenvalue weighted by Crippen LogP contribution is -2.14. The molecule has 0 unspecified atom stereocenters. The number of aromatic nitrogens is 2. The lowest BCUT2D eigenvalue weighted by molar-refractivity contribution is -0.148. The number of nitrogens with zero attached hydrogens (tertiary/aromatic N) is 3. The first-order valence-electron chi connectivity index (χ1n) is 8.76. The number of nitriles is 1. The minimum Gasteiger partial charge on any atom is -0.482 e. The second kappa shape index (κ2) is 8.82. The normalized spacial score (nSPS) is 10.5. The van der Waals surface area contributed by atoms with E-state index >= 15 is 0 Å². The Morgan fingerprint density at radius 1 is 1.14 bits per heavy atom. The highest BCUT2D eigenvalue weighted by Crippen LogP contribution is 2.20. The second-order valence-electron chi connectivity index (χ2n) is 6.37. The third kappa shape index (κ3) is 4.95. The van der Waals surface area contributed by atoms with Crippen LogP contribution in [0.3, 0.4) is 0 Å². The fourth-order valence-electron chi connectivity index (χ4n) is 2.40. The molecule has 2 aromatic carbocycles. The highest BCUT2D eigenvalue weighted by Gasteiger charge is 2.12. The largest absolute Gasteiger partial charge is 0.482 e. The molecule has 0 atom stereocenters. The Kier molecular flexibility index (Phi) is 6.02. The molecular weight excluding hydrogens is 358 g/mol. The summed E-state index contributed by atoms with van der Waals surface area (Å²) in [5, 5.41) is 12.7. The van der Waals surface area contributed by atoms with E-state index in [9.17, 15) is 4.79 Å². The maximum atomic E-state index is 11.8. The summed E-state index contributed by atoms with van der Waals surface area (Å²) in [6.45, 7) is 3.86. The standard InChI is InChI=1S/C21H19N3O4/c1-14(2)16-5-7-17(8-6-16)21-23-19(28-24-21)12-27-20(25)13-26-18-9-3-15(11-22)4-10-18/h3-10,14H,12-13H2,1-2H3. The molecule has 0 amide bonds. The van der Waals surface area contributed by atoms with Gasteiger partial charge in [-0.1, -0.05) is 43.3 Å². The Morgan fingerprint density at radius 2 is 1.86 bits per heavy atom. The van der Waals surface area contributed by atoms with Gasteiger partial charge in [0.25, 0.3) is 5.89 Å². The molecule has 0 saturated carbocycles. The van der Waals surface area contributed by atoms with Gasteiger partial charge < -0.3 is 14.0 Å². The molecule has 3 rings (SSSR count). The number of rotatable bonds is 7. The van der Waals surface area contributed by atoms with Gasteiger partial charge in [0.2, 0.25) is 5.82 Å². The van der Waals surface area contributed by atoms with Crippen LogP contribution in [0.25, 0.3) is 11.4 Å². The molecule has 0 fully saturated rings. The SMILES string of the molecule is CC(C)c1ccc(-c2noc(COC(=O)COc3ccc(C#N)cc3)n2)cc1. The first-order valence-corrected chi connectivity index (χ1v) is 8.76. The number of carbonyl (C=O) groups excluding carboxylic acids is 1. The third-order valence-corrected chi connectivity index (χ3v) is 4.00. The van der Waals surface area contributed by atoms with Crippen molar-refractivity contribution in [2.75, 3.05) is 6.61 Å². The van der Waals surface area contributed by atoms with Gasteiger partial charge in [-0.15, -0.1) is 0 Å². The molecule has 0 bridgehead atoms. The fourth-order valence-corrected chi connectivity index (χ4v) is 2.40. The van der Waals surface area contributed by atoms with Crippen LogP contribution in [0.2, 0.25) is 0 Å². The molecule has 3 aromatic rings. The summed E-state index contributed by atoms with van der Waals surface area (Å²) in [7, 11) is 0. The van der Waals surface area contributed by atoms with E-state index in [1.54, 1.807) is 24.3 Å². The number of ether oxygens (including phenoxy) is 2. The number of esters is 1. The molecule has 0 spiro atoms. The minimum atomic E-state index is -0.564. The van der Waals surface area contributed by atoms with E-state index in [4.69, 9.17) is 19.3 Å². The van der Waals surface area contributed by atoms with Gasteiger partial charge in [-0.25, -0.2) is 4.79 Å². The number of carbonyl (C=O) groups is 1. The monoisotopic (exact) mass is 377 g/mol. The molecular formula is C21H19N3O4. The predicted molar refractivity (Wildman–Crippen MR) is 100 cm³/mol. The molecule has 1 heterocycles. The molecule has 1 aromatic heterocycles. The zero-order chi connectivity index (χ0) is 19.9. The molecule has 142 valence electrons. The van der Waals surface area contributed by atoms with Gasteiger partial charge in [0.1, 0.15) is 5.75 Å². The summed E-state index contributed by atoms with van der Waals surface area (Å²) in [5.41, 5.74) is 2.57. The number of hydrogen-bond donors (Lipinski definition) is 0. The average Bonchev–Trinajstić information content (AvgIpc) is 3.20. The van der Waals surface area contributed by atoms with Crippen molar-refractivity contribution in [1.29, 1.82) is 5.26 Å². The Bertz CT molecular complexity index is 970. The molecule has 7 heteroatoms. The van der Waals surface area contributed by atoms with Crippen LogP contribution < -0.4 is 4.74 Å². The highest BCUT2D eigenvalue weighted by molar-refractivity contribution is 5.71. The lowest BCUT2D eigenvalue weighted by Gasteiger charge is -2.05. The third-order valence-electron chi connectivity index (χ3n) is 4.00. The molecule has 0 aliphatic heterocycles. The van der Waals surface area contributed by atoms with E-state index in [1.807, 2.05) is 30.3 Å². The quantitative estimate of drug-likeness (QED) is 0.577. The topological polar surface area (TPSA) is 98.2 Å². The maximum absolute atomic E-state index is 11.8. The van der Waals surface area contributed by atoms with E-state index in [1.165, 1.54) is 5.56 Å². The summed E-state index contributed by atoms with van der Waals surface area (Å²) in [4.78, 5) is 16.0. The van der Waals surface area contributed by atoms with Crippen molar-refractivity contribution in [2.45, 2.75) is 26.4 Å². The van der Waals surface area contributed by atoms with Crippen LogP contribution in [0, 0.1) is 11.3 Å². The maximum Gasteiger partial charge on any atom is 0.344 e. The smallest absolute Gasteiger partial charge is 0.344 e. The zero-order valence-corrected chi connectivity index (χ0v) is 15.6. The summed E-state index contributed by atoms with van der Waals surface area (Å²) in [6.07, 6.45) is 0. The first-order chi connectivity index (χ1) is 13.5. The molecule has 0 saturated heterocycles. The summed E-state index contributed by atoms with van der Waals surface area (Å²) in [5.74, 6) is 0.997. The van der Waals surface area contributed by atoms with Gasteiger partial charge >= 0.3 is 5.97 Å². The number of benzene rings is 2. The van der Waals surface area contributed by atoms with E-state index in [0.717, 1.165) is 5.56 Å². The summed E-state index contributed by atoms with van der Waals surface area (Å²) in [6, 6.07) is 16.4. The van der Waals surface area contributed by atoms with Gasteiger partial charge in [-0.2, -0.15) is 10.2 Å². The average molecular weight is 377 g/mol. The molecule has 0 radical (unpaired) electrons. The highest BCUT2D eigenvalue weighted by atomic mass is 16.6. The van der Waals surface area contributed by atoms with Gasteiger partial charge in [0.15, 0.2) is 13.2 Å². The first kappa shape index (κ1) is 19.1. The van der Waals surface area contributed by atoms with Crippen molar-refractivity contribution in [3.05, 3.63) is 65.5 Å². The predicted octanol–water partition coefficient (Wildman–Crippen LogP) is 3.85. The summed E-state index contributed by atoms with van der Waals surface area (Å²) >= 11 is 0. The second-order valence-corrected chi connectivity index (χ2v) is 6.37. The van der Waals surface area contributed by atoms with Gasteiger partial charge in [0.05, 0.1) is 11.6 Å². The van der Waals surface area contributed by atoms with Crippen LogP contribution in [0.1, 0.15) is 36.8 Å². The van der Waals surface area contributed by atoms with Crippen LogP contribution in [-0.4, -0.2) is 22.7 Å². The molecule has 28 heavy (non-hydrogen) atoms. The van der Waals surface area contributed by atoms with Gasteiger partial charge in [-0.3, -0.25) is 0 Å². The summed E-state index contributed by atoms with van der Waals surface area (Å²) < 4.78 is 15.5. The van der Waals surface area contributed by atoms with Crippen molar-refractivity contribution < 1.29 is 18.8 Å². The fraction of sp³-hybridized carbons (Fsp3) is 0.238. The van der Waals surface area contributed by atoms with Crippen molar-refractivity contribution in [2.24, 2.45) is 0 Å². The van der Waals surface area contributed by atoms with Crippen molar-refractivity contribution in [3.8, 4) is 23.2 Å². The molecule has 0 aliphatic rings. The minimum absolute atomic E-state index is 0.132. The number of hydrogen-bond acceptors (Lipinski definition) is 7. The van der Waals surface area contributed by atoms with Crippen molar-refractivity contribution in [1.82, 2.24) is 10.1 Å². The molecule has 0 N–H and O–H groups in total. The van der Waals surface area contributed by atoms with Crippen LogP contribution in [-0.2, 0) is 16.1 Å². The zero-order valence-electron chi connectivity index (χ0n) is 15.6. The Hall–Kier alpha value is -3.66. The van der Waals surface area contributed by atoms with E-state index in [2.05, 4.69) is 24.0 Å². The van der Waals surface area contributed by atoms with Crippen LogP contribution >= 0.6 is 0 Å². The van der Waals surface area contributed by atoms with Crippen LogP contribution in [0.4, 0.5) is 0 Å². The Morgan fingerprint density at radius 3 is 2.50 bits per heavy atom. The van der Waals surface area contributed by atoms with E-state index in [-0.39, 0.29) is 19.1 Å². The van der Waals surface area contributed by atoms with Crippen LogP contribution in [0.15, 0.2) is 53.1 Å². The van der Waals surface area contributed by atoms with Gasteiger partial charge in [0, 0.05) is 5.56 Å². The Labute approximate surface area is 162 Å². The van der Waals surface area contributed by atoms with Crippen LogP contribution in [0.5, 0.6) is 5.75 Å².